The Morgan fingerprint density at radius 3 is 1.04 bits per heavy atom. The number of nitrogens with zero attached hydrogens (tertiary/aromatic N) is 2. The number of rotatable bonds is 10. The quantitative estimate of drug-likeness (QED) is 0.135. The lowest BCUT2D eigenvalue weighted by Crippen LogP contribution is -2.27. The molecule has 0 N–H and O–H groups in total. The van der Waals surface area contributed by atoms with Gasteiger partial charge in [-0.05, 0) is 152 Å². The highest BCUT2D eigenvalue weighted by atomic mass is 35.5. The summed E-state index contributed by atoms with van der Waals surface area (Å²) in [7, 11) is 0. The number of anilines is 6. The third-order valence-electron chi connectivity index (χ3n) is 13.5. The van der Waals surface area contributed by atoms with Crippen LogP contribution in [0.25, 0.3) is 22.3 Å². The molecule has 10 aromatic rings. The number of allylic oxidation sites excluding steroid dienone is 2. The first-order valence-corrected chi connectivity index (χ1v) is 23.6. The molecule has 0 bridgehead atoms. The summed E-state index contributed by atoms with van der Waals surface area (Å²) < 4.78 is 0. The fourth-order valence-corrected chi connectivity index (χ4v) is 11.0. The molecule has 322 valence electrons. The van der Waals surface area contributed by atoms with Crippen molar-refractivity contribution >= 4 is 68.0 Å². The second-order valence-electron chi connectivity index (χ2n) is 17.3. The van der Waals surface area contributed by atoms with E-state index in [0.29, 0.717) is 5.02 Å². The maximum Gasteiger partial charge on any atom is 0.0738 e. The molecule has 2 nitrogen and oxygen atoms in total. The van der Waals surface area contributed by atoms with E-state index in [2.05, 4.69) is 283 Å². The molecule has 0 radical (unpaired) electrons. The van der Waals surface area contributed by atoms with Crippen LogP contribution < -0.4 is 9.80 Å². The maximum atomic E-state index is 7.25. The van der Waals surface area contributed by atoms with Gasteiger partial charge in [-0.25, -0.2) is 0 Å². The van der Waals surface area contributed by atoms with Gasteiger partial charge < -0.3 is 9.80 Å². The molecular formula is C65H45ClN2. The minimum Gasteiger partial charge on any atom is -0.311 e. The smallest absolute Gasteiger partial charge is 0.0738 e. The summed E-state index contributed by atoms with van der Waals surface area (Å²) in [6.45, 7) is 0. The first-order chi connectivity index (χ1) is 33.7. The Morgan fingerprint density at radius 2 is 0.588 bits per heavy atom. The molecule has 3 heteroatoms. The molecule has 0 aliphatic heterocycles. The van der Waals surface area contributed by atoms with Crippen LogP contribution in [0.4, 0.5) is 34.1 Å². The van der Waals surface area contributed by atoms with E-state index in [0.717, 1.165) is 50.8 Å². The summed E-state index contributed by atoms with van der Waals surface area (Å²) in [5, 5.41) is 0.704. The highest BCUT2D eigenvalue weighted by Gasteiger charge is 2.55. The number of benzene rings is 10. The monoisotopic (exact) mass is 888 g/mol. The van der Waals surface area contributed by atoms with E-state index in [1.807, 2.05) is 0 Å². The van der Waals surface area contributed by atoms with Gasteiger partial charge in [0.15, 0.2) is 0 Å². The zero-order chi connectivity index (χ0) is 45.4. The minimum absolute atomic E-state index is 0.704. The van der Waals surface area contributed by atoms with Crippen LogP contribution in [-0.4, -0.2) is 0 Å². The highest BCUT2D eigenvalue weighted by molar-refractivity contribution is 6.31. The summed E-state index contributed by atoms with van der Waals surface area (Å²) in [5.74, 6) is 0. The van der Waals surface area contributed by atoms with Crippen molar-refractivity contribution in [3.63, 3.8) is 0 Å². The van der Waals surface area contributed by atoms with E-state index in [-0.39, 0.29) is 0 Å². The summed E-state index contributed by atoms with van der Waals surface area (Å²) in [4.78, 5) is 4.65. The lowest BCUT2D eigenvalue weighted by atomic mass is 9.65. The number of halogens is 1. The van der Waals surface area contributed by atoms with E-state index in [1.54, 1.807) is 0 Å². The molecule has 0 heterocycles. The van der Waals surface area contributed by atoms with Gasteiger partial charge in [-0.2, -0.15) is 0 Å². The molecule has 2 aliphatic rings. The van der Waals surface area contributed by atoms with Crippen LogP contribution in [0.15, 0.2) is 273 Å². The molecule has 1 unspecified atom stereocenters. The van der Waals surface area contributed by atoms with Gasteiger partial charge in [0.2, 0.25) is 0 Å². The molecule has 2 aliphatic carbocycles. The zero-order valence-electron chi connectivity index (χ0n) is 37.3. The van der Waals surface area contributed by atoms with Crippen LogP contribution in [0.1, 0.15) is 44.5 Å². The molecule has 68 heavy (non-hydrogen) atoms. The number of hydrogen-bond donors (Lipinski definition) is 0. The van der Waals surface area contributed by atoms with Crippen LogP contribution in [0.5, 0.6) is 0 Å². The van der Waals surface area contributed by atoms with E-state index in [9.17, 15) is 0 Å². The molecule has 0 saturated carbocycles. The van der Waals surface area contributed by atoms with Crippen LogP contribution in [0.3, 0.4) is 0 Å². The molecule has 0 fully saturated rings. The molecule has 0 amide bonds. The molecule has 0 saturated heterocycles. The molecule has 1 atom stereocenters. The molecule has 10 aromatic carbocycles. The van der Waals surface area contributed by atoms with Gasteiger partial charge in [0, 0.05) is 39.1 Å². The largest absolute Gasteiger partial charge is 0.311 e. The molecular weight excluding hydrogens is 844 g/mol. The lowest BCUT2D eigenvalue weighted by Gasteiger charge is -2.36. The lowest BCUT2D eigenvalue weighted by molar-refractivity contribution is 0.892. The Balaban J connectivity index is 1.16. The summed E-state index contributed by atoms with van der Waals surface area (Å²) in [6.07, 6.45) is 0. The van der Waals surface area contributed by atoms with Crippen molar-refractivity contribution in [1.29, 1.82) is 0 Å². The molecule has 12 rings (SSSR count). The van der Waals surface area contributed by atoms with Gasteiger partial charge in [0.25, 0.3) is 0 Å². The Bertz CT molecular complexity index is 3380. The zero-order valence-corrected chi connectivity index (χ0v) is 38.0. The number of hydrogen-bond acceptors (Lipinski definition) is 2. The maximum absolute atomic E-state index is 7.25. The number of fused-ring (bicyclic) bond motifs is 4. The van der Waals surface area contributed by atoms with Gasteiger partial charge in [-0.15, -0.1) is 0 Å². The Morgan fingerprint density at radius 1 is 0.265 bits per heavy atom. The van der Waals surface area contributed by atoms with E-state index in [1.165, 1.54) is 50.1 Å². The van der Waals surface area contributed by atoms with Gasteiger partial charge >= 0.3 is 0 Å². The predicted molar refractivity (Wildman–Crippen MR) is 286 cm³/mol. The van der Waals surface area contributed by atoms with Gasteiger partial charge in [-0.3, -0.25) is 0 Å². The topological polar surface area (TPSA) is 6.48 Å². The van der Waals surface area contributed by atoms with Crippen molar-refractivity contribution in [2.75, 3.05) is 9.80 Å². The fourth-order valence-electron chi connectivity index (χ4n) is 10.8. The molecule has 0 aromatic heterocycles. The van der Waals surface area contributed by atoms with Crippen molar-refractivity contribution in [1.82, 2.24) is 0 Å². The third kappa shape index (κ3) is 6.89. The first kappa shape index (κ1) is 41.0. The fraction of sp³-hybridized carbons (Fsp3) is 0.0154. The average molecular weight is 890 g/mol. The highest BCUT2D eigenvalue weighted by Crippen LogP contribution is 2.68. The molecule has 1 spiro atoms. The standard InChI is InChI=1S/C65H45ClN2/c66-50-39-44-58-60(45-50)65(59-34-20-19-33-57(59)61(46-21-7-1-8-22-46)63(65)48-23-9-2-10-24-48)64(49-37-42-56(43-38-49)68(53-29-15-5-16-30-53)54-31-17-6-18-32-54)62(58)47-35-40-55(41-36-47)67(51-25-11-3-12-26-51)52-27-13-4-14-28-52/h1-45H. The van der Waals surface area contributed by atoms with Crippen LogP contribution in [0, 0.1) is 0 Å². The first-order valence-electron chi connectivity index (χ1n) is 23.2. The van der Waals surface area contributed by atoms with Crippen molar-refractivity contribution in [2.45, 2.75) is 5.41 Å². The summed E-state index contributed by atoms with van der Waals surface area (Å²) in [6, 6.07) is 98.4. The summed E-state index contributed by atoms with van der Waals surface area (Å²) >= 11 is 7.25. The van der Waals surface area contributed by atoms with E-state index < -0.39 is 5.41 Å². The van der Waals surface area contributed by atoms with Crippen LogP contribution >= 0.6 is 11.6 Å². The summed E-state index contributed by atoms with van der Waals surface area (Å²) in [5.41, 5.74) is 20.0. The Kier molecular flexibility index (Phi) is 10.5. The van der Waals surface area contributed by atoms with Gasteiger partial charge in [0.1, 0.15) is 0 Å². The second kappa shape index (κ2) is 17.4. The normalized spacial score (nSPS) is 14.8. The van der Waals surface area contributed by atoms with E-state index >= 15 is 0 Å². The average Bonchev–Trinajstić information content (AvgIpc) is 3.88. The van der Waals surface area contributed by atoms with Crippen molar-refractivity contribution in [3.8, 4) is 0 Å². The SMILES string of the molecule is Clc1ccc2c(c1)C1(C(c3ccccc3)=C(c3ccccc3)c3ccccc31)C(c1ccc(N(c3ccccc3)c3ccccc3)cc1)=C2c1ccc(N(c2ccccc2)c2ccccc2)cc1. The van der Waals surface area contributed by atoms with Gasteiger partial charge in [0.05, 0.1) is 5.41 Å². The Hall–Kier alpha value is -8.43. The minimum atomic E-state index is -0.766. The predicted octanol–water partition coefficient (Wildman–Crippen LogP) is 17.5. The van der Waals surface area contributed by atoms with Crippen molar-refractivity contribution in [3.05, 3.63) is 323 Å². The van der Waals surface area contributed by atoms with Crippen LogP contribution in [-0.2, 0) is 5.41 Å². The van der Waals surface area contributed by atoms with Crippen molar-refractivity contribution in [2.24, 2.45) is 0 Å². The number of para-hydroxylation sites is 4. The Labute approximate surface area is 403 Å². The van der Waals surface area contributed by atoms with Crippen molar-refractivity contribution < 1.29 is 0 Å². The third-order valence-corrected chi connectivity index (χ3v) is 13.8. The second-order valence-corrected chi connectivity index (χ2v) is 17.8. The van der Waals surface area contributed by atoms with E-state index in [4.69, 9.17) is 11.6 Å². The van der Waals surface area contributed by atoms with Gasteiger partial charge in [-0.1, -0.05) is 200 Å². The van der Waals surface area contributed by atoms with Crippen LogP contribution in [0.2, 0.25) is 5.02 Å².